The van der Waals surface area contributed by atoms with Crippen molar-refractivity contribution in [2.75, 3.05) is 32.8 Å². The number of alkyl halides is 3. The molecule has 1 fully saturated rings. The fourth-order valence-corrected chi connectivity index (χ4v) is 4.44. The van der Waals surface area contributed by atoms with Crippen molar-refractivity contribution >= 4 is 15.9 Å². The monoisotopic (exact) mass is 378 g/mol. The largest absolute Gasteiger partial charge is 0.471 e. The summed E-state index contributed by atoms with van der Waals surface area (Å²) in [5, 5.41) is 0. The van der Waals surface area contributed by atoms with E-state index in [0.29, 0.717) is 23.7 Å². The van der Waals surface area contributed by atoms with Gasteiger partial charge in [-0.1, -0.05) is 6.07 Å². The molecule has 1 saturated heterocycles. The molecule has 2 aliphatic heterocycles. The van der Waals surface area contributed by atoms with Crippen LogP contribution >= 0.6 is 0 Å². The first kappa shape index (κ1) is 18.2. The number of sulfonamides is 1. The summed E-state index contributed by atoms with van der Waals surface area (Å²) in [6.07, 6.45) is -4.68. The quantitative estimate of drug-likeness (QED) is 0.775. The zero-order valence-corrected chi connectivity index (χ0v) is 14.1. The highest BCUT2D eigenvalue weighted by atomic mass is 32.2. The molecule has 2 heterocycles. The highest BCUT2D eigenvalue weighted by molar-refractivity contribution is 7.89. The molecule has 0 aromatic heterocycles. The molecule has 1 aromatic carbocycles. The minimum atomic E-state index is -4.94. The Bertz CT molecular complexity index is 773. The van der Waals surface area contributed by atoms with Gasteiger partial charge in [-0.2, -0.15) is 17.5 Å². The van der Waals surface area contributed by atoms with E-state index in [1.165, 1.54) is 16.4 Å². The Hall–Kier alpha value is -1.65. The van der Waals surface area contributed by atoms with Crippen molar-refractivity contribution in [2.24, 2.45) is 0 Å². The van der Waals surface area contributed by atoms with Crippen LogP contribution in [-0.4, -0.2) is 62.6 Å². The molecule has 2 aliphatic rings. The van der Waals surface area contributed by atoms with E-state index in [4.69, 9.17) is 4.74 Å². The van der Waals surface area contributed by atoms with Crippen molar-refractivity contribution < 1.29 is 31.1 Å². The number of hydrogen-bond donors (Lipinski definition) is 0. The van der Waals surface area contributed by atoms with E-state index < -0.39 is 22.1 Å². The van der Waals surface area contributed by atoms with Crippen LogP contribution in [0.3, 0.4) is 0 Å². The fraction of sp³-hybridized carbons (Fsp3) is 0.533. The smallest absolute Gasteiger partial charge is 0.379 e. The summed E-state index contributed by atoms with van der Waals surface area (Å²) < 4.78 is 69.6. The highest BCUT2D eigenvalue weighted by Crippen LogP contribution is 2.27. The first-order valence-corrected chi connectivity index (χ1v) is 9.19. The van der Waals surface area contributed by atoms with Gasteiger partial charge >= 0.3 is 12.1 Å². The maximum atomic E-state index is 12.7. The van der Waals surface area contributed by atoms with Crippen LogP contribution in [0, 0.1) is 0 Å². The molecule has 10 heteroatoms. The maximum absolute atomic E-state index is 12.7. The third-order valence-electron chi connectivity index (χ3n) is 4.33. The van der Waals surface area contributed by atoms with E-state index in [1.807, 2.05) is 0 Å². The van der Waals surface area contributed by atoms with Crippen LogP contribution in [0.15, 0.2) is 23.1 Å². The van der Waals surface area contributed by atoms with Gasteiger partial charge in [0.05, 0.1) is 18.1 Å². The van der Waals surface area contributed by atoms with Gasteiger partial charge in [-0.25, -0.2) is 8.42 Å². The number of ether oxygens (including phenoxy) is 1. The Morgan fingerprint density at radius 3 is 2.40 bits per heavy atom. The second-order valence-corrected chi connectivity index (χ2v) is 7.86. The number of hydrogen-bond acceptors (Lipinski definition) is 4. The number of carbonyl (C=O) groups excluding carboxylic acids is 1. The first-order chi connectivity index (χ1) is 11.7. The lowest BCUT2D eigenvalue weighted by atomic mass is 10.00. The van der Waals surface area contributed by atoms with Crippen molar-refractivity contribution in [2.45, 2.75) is 24.0 Å². The average Bonchev–Trinajstić information content (AvgIpc) is 2.60. The van der Waals surface area contributed by atoms with Crippen LogP contribution in [0.4, 0.5) is 13.2 Å². The molecule has 0 spiro atoms. The van der Waals surface area contributed by atoms with Gasteiger partial charge in [-0.3, -0.25) is 4.79 Å². The standard InChI is InChI=1S/C15H17F3N2O4S/c16-15(17,18)14(21)19-4-3-11-1-2-13(9-12(11)10-19)25(22,23)20-5-7-24-8-6-20/h1-2,9H,3-8,10H2. The number of benzene rings is 1. The van der Waals surface area contributed by atoms with Gasteiger partial charge < -0.3 is 9.64 Å². The Morgan fingerprint density at radius 2 is 1.76 bits per heavy atom. The molecule has 0 bridgehead atoms. The SMILES string of the molecule is O=C(N1CCc2ccc(S(=O)(=O)N3CCOCC3)cc2C1)C(F)(F)F. The number of rotatable bonds is 2. The minimum absolute atomic E-state index is 0.0226. The molecule has 6 nitrogen and oxygen atoms in total. The number of carbonyl (C=O) groups is 1. The van der Waals surface area contributed by atoms with Gasteiger partial charge in [0.1, 0.15) is 0 Å². The Balaban J connectivity index is 1.86. The summed E-state index contributed by atoms with van der Waals surface area (Å²) in [7, 11) is -3.73. The Kier molecular flexibility index (Phi) is 4.78. The van der Waals surface area contributed by atoms with Crippen molar-refractivity contribution in [3.05, 3.63) is 29.3 Å². The number of halogens is 3. The van der Waals surface area contributed by atoms with Crippen molar-refractivity contribution in [1.29, 1.82) is 0 Å². The van der Waals surface area contributed by atoms with Crippen LogP contribution in [0.2, 0.25) is 0 Å². The lowest BCUT2D eigenvalue weighted by Crippen LogP contribution is -2.44. The summed E-state index contributed by atoms with van der Waals surface area (Å²) >= 11 is 0. The molecule has 25 heavy (non-hydrogen) atoms. The van der Waals surface area contributed by atoms with Crippen molar-refractivity contribution in [3.8, 4) is 0 Å². The minimum Gasteiger partial charge on any atom is -0.379 e. The Labute approximate surface area is 143 Å². The first-order valence-electron chi connectivity index (χ1n) is 7.75. The molecule has 0 saturated carbocycles. The molecular formula is C15H17F3N2O4S. The fourth-order valence-electron chi connectivity index (χ4n) is 2.98. The molecule has 0 aliphatic carbocycles. The summed E-state index contributed by atoms with van der Waals surface area (Å²) in [6, 6.07) is 4.44. The van der Waals surface area contributed by atoms with Gasteiger partial charge in [-0.05, 0) is 29.7 Å². The number of morpholine rings is 1. The van der Waals surface area contributed by atoms with Crippen LogP contribution in [0.1, 0.15) is 11.1 Å². The third-order valence-corrected chi connectivity index (χ3v) is 6.22. The lowest BCUT2D eigenvalue weighted by Gasteiger charge is -2.30. The molecule has 1 aromatic rings. The van der Waals surface area contributed by atoms with Gasteiger partial charge in [0.15, 0.2) is 0 Å². The molecule has 0 unspecified atom stereocenters. The average molecular weight is 378 g/mol. The Morgan fingerprint density at radius 1 is 1.08 bits per heavy atom. The number of amides is 1. The van der Waals surface area contributed by atoms with Gasteiger partial charge in [-0.15, -0.1) is 0 Å². The lowest BCUT2D eigenvalue weighted by molar-refractivity contribution is -0.186. The van der Waals surface area contributed by atoms with E-state index in [-0.39, 0.29) is 37.5 Å². The zero-order chi connectivity index (χ0) is 18.2. The van der Waals surface area contributed by atoms with Gasteiger partial charge in [0.2, 0.25) is 10.0 Å². The summed E-state index contributed by atoms with van der Waals surface area (Å²) in [6.45, 7) is 0.785. The normalized spacial score (nSPS) is 19.6. The van der Waals surface area contributed by atoms with E-state index >= 15 is 0 Å². The number of nitrogens with zero attached hydrogens (tertiary/aromatic N) is 2. The van der Waals surface area contributed by atoms with Crippen molar-refractivity contribution in [3.63, 3.8) is 0 Å². The predicted molar refractivity (Wildman–Crippen MR) is 81.2 cm³/mol. The molecule has 1 amide bonds. The second kappa shape index (κ2) is 6.58. The molecule has 0 N–H and O–H groups in total. The summed E-state index contributed by atoms with van der Waals surface area (Å²) in [5.41, 5.74) is 1.19. The molecular weight excluding hydrogens is 361 g/mol. The number of fused-ring (bicyclic) bond motifs is 1. The van der Waals surface area contributed by atoms with Crippen molar-refractivity contribution in [1.82, 2.24) is 9.21 Å². The predicted octanol–water partition coefficient (Wildman–Crippen LogP) is 1.15. The van der Waals surface area contributed by atoms with E-state index in [0.717, 1.165) is 5.56 Å². The molecule has 0 radical (unpaired) electrons. The molecule has 3 rings (SSSR count). The van der Waals surface area contributed by atoms with Crippen LogP contribution in [-0.2, 0) is 32.5 Å². The van der Waals surface area contributed by atoms with Gasteiger partial charge in [0, 0.05) is 26.2 Å². The van der Waals surface area contributed by atoms with Crippen LogP contribution in [0.25, 0.3) is 0 Å². The zero-order valence-electron chi connectivity index (χ0n) is 13.3. The summed E-state index contributed by atoms with van der Waals surface area (Å²) in [4.78, 5) is 12.1. The maximum Gasteiger partial charge on any atom is 0.471 e. The third kappa shape index (κ3) is 3.65. The van der Waals surface area contributed by atoms with Crippen LogP contribution in [0.5, 0.6) is 0 Å². The highest BCUT2D eigenvalue weighted by Gasteiger charge is 2.43. The second-order valence-electron chi connectivity index (χ2n) is 5.92. The van der Waals surface area contributed by atoms with E-state index in [2.05, 4.69) is 0 Å². The molecule has 0 atom stereocenters. The molecule has 138 valence electrons. The van der Waals surface area contributed by atoms with Gasteiger partial charge in [0.25, 0.3) is 0 Å². The van der Waals surface area contributed by atoms with E-state index in [9.17, 15) is 26.4 Å². The van der Waals surface area contributed by atoms with Crippen LogP contribution < -0.4 is 0 Å². The topological polar surface area (TPSA) is 66.9 Å². The van der Waals surface area contributed by atoms with E-state index in [1.54, 1.807) is 6.07 Å². The summed E-state index contributed by atoms with van der Waals surface area (Å²) in [5.74, 6) is -1.90.